The number of hydrogen-bond acceptors (Lipinski definition) is 5. The highest BCUT2D eigenvalue weighted by atomic mass is 32.1. The molecule has 0 fully saturated rings. The number of nitriles is 1. The van der Waals surface area contributed by atoms with Crippen LogP contribution < -0.4 is 0 Å². The predicted octanol–water partition coefficient (Wildman–Crippen LogP) is 3.25. The predicted molar refractivity (Wildman–Crippen MR) is 86.7 cm³/mol. The molecule has 0 aliphatic rings. The van der Waals surface area contributed by atoms with Gasteiger partial charge in [-0.2, -0.15) is 10.4 Å². The van der Waals surface area contributed by atoms with Crippen molar-refractivity contribution in [3.05, 3.63) is 58.5 Å². The van der Waals surface area contributed by atoms with Crippen LogP contribution in [0.5, 0.6) is 0 Å². The number of aliphatic imine (C=N–C) groups is 2. The zero-order valence-electron chi connectivity index (χ0n) is 11.4. The molecule has 2 aromatic heterocycles. The summed E-state index contributed by atoms with van der Waals surface area (Å²) in [7, 11) is 1.75. The van der Waals surface area contributed by atoms with Crippen molar-refractivity contribution in [2.45, 2.75) is 0 Å². The van der Waals surface area contributed by atoms with E-state index in [2.05, 4.69) is 26.8 Å². The molecule has 21 heavy (non-hydrogen) atoms. The van der Waals surface area contributed by atoms with Gasteiger partial charge < -0.3 is 0 Å². The lowest BCUT2D eigenvalue weighted by atomic mass is 10.2. The van der Waals surface area contributed by atoms with Crippen LogP contribution in [-0.2, 0) is 0 Å². The van der Waals surface area contributed by atoms with Gasteiger partial charge in [0.2, 0.25) is 0 Å². The Morgan fingerprint density at radius 2 is 2.38 bits per heavy atom. The summed E-state index contributed by atoms with van der Waals surface area (Å²) in [5.74, 6) is 0.461. The van der Waals surface area contributed by atoms with Gasteiger partial charge >= 0.3 is 0 Å². The topological polar surface area (TPSA) is 77.2 Å². The second-order valence-corrected chi connectivity index (χ2v) is 5.02. The lowest BCUT2D eigenvalue weighted by molar-refractivity contribution is 1.08. The molecule has 0 radical (unpaired) electrons. The number of nitrogens with zero attached hydrogens (tertiary/aromatic N) is 4. The van der Waals surface area contributed by atoms with Gasteiger partial charge in [0.1, 0.15) is 11.6 Å². The molecule has 0 amide bonds. The highest BCUT2D eigenvalue weighted by Crippen LogP contribution is 2.18. The molecule has 104 valence electrons. The van der Waals surface area contributed by atoms with Crippen molar-refractivity contribution in [3.8, 4) is 6.07 Å². The summed E-state index contributed by atoms with van der Waals surface area (Å²) in [5.41, 5.74) is 1.31. The van der Waals surface area contributed by atoms with E-state index in [1.165, 1.54) is 6.20 Å². The smallest absolute Gasteiger partial charge is 0.165 e. The highest BCUT2D eigenvalue weighted by molar-refractivity contribution is 7.15. The van der Waals surface area contributed by atoms with Gasteiger partial charge in [0.15, 0.2) is 5.82 Å². The number of H-pyrrole nitrogens is 1. The van der Waals surface area contributed by atoms with E-state index in [0.29, 0.717) is 11.4 Å². The molecule has 0 aromatic carbocycles. The summed E-state index contributed by atoms with van der Waals surface area (Å²) in [6.07, 6.45) is 8.62. The first kappa shape index (κ1) is 14.6. The molecule has 0 aliphatic carbocycles. The van der Waals surface area contributed by atoms with Crippen molar-refractivity contribution in [2.75, 3.05) is 7.05 Å². The van der Waals surface area contributed by atoms with Crippen molar-refractivity contribution in [1.82, 2.24) is 10.2 Å². The Morgan fingerprint density at radius 3 is 3.10 bits per heavy atom. The summed E-state index contributed by atoms with van der Waals surface area (Å²) < 4.78 is 0. The minimum Gasteiger partial charge on any atom is -0.287 e. The number of aromatic nitrogens is 2. The Labute approximate surface area is 126 Å². The average molecular weight is 295 g/mol. The van der Waals surface area contributed by atoms with E-state index in [1.54, 1.807) is 30.7 Å². The van der Waals surface area contributed by atoms with E-state index in [-0.39, 0.29) is 0 Å². The van der Waals surface area contributed by atoms with Crippen molar-refractivity contribution in [2.24, 2.45) is 9.98 Å². The van der Waals surface area contributed by atoms with E-state index in [0.717, 1.165) is 15.5 Å². The number of nitrogens with one attached hydrogen (secondary N) is 1. The summed E-state index contributed by atoms with van der Waals surface area (Å²) in [6.45, 7) is 3.64. The molecule has 0 aliphatic heterocycles. The molecule has 0 unspecified atom stereocenters. The fraction of sp³-hybridized carbons (Fsp3) is 0.0667. The van der Waals surface area contributed by atoms with Gasteiger partial charge in [-0.05, 0) is 18.2 Å². The molecule has 0 saturated heterocycles. The van der Waals surface area contributed by atoms with Crippen molar-refractivity contribution < 1.29 is 0 Å². The van der Waals surface area contributed by atoms with Gasteiger partial charge in [-0.15, -0.1) is 11.3 Å². The normalized spacial score (nSPS) is 12.1. The van der Waals surface area contributed by atoms with Crippen LogP contribution >= 0.6 is 11.3 Å². The number of aromatic amines is 1. The number of allylic oxidation sites excluding steroid dienone is 3. The summed E-state index contributed by atoms with van der Waals surface area (Å²) >= 11 is 1.57. The third kappa shape index (κ3) is 3.61. The van der Waals surface area contributed by atoms with Crippen molar-refractivity contribution in [3.63, 3.8) is 0 Å². The lowest BCUT2D eigenvalue weighted by Crippen LogP contribution is -1.91. The first-order chi connectivity index (χ1) is 10.3. The SMILES string of the molecule is C=C/C=C\C(=NC)c1ccc(/C=N/c2[nH]ncc2C#N)s1. The van der Waals surface area contributed by atoms with Crippen LogP contribution in [0.2, 0.25) is 0 Å². The summed E-state index contributed by atoms with van der Waals surface area (Å²) in [6, 6.07) is 5.97. The van der Waals surface area contributed by atoms with Crippen LogP contribution in [0.3, 0.4) is 0 Å². The Hall–Kier alpha value is -2.78. The van der Waals surface area contributed by atoms with Crippen LogP contribution in [0.4, 0.5) is 5.82 Å². The molecule has 0 saturated carbocycles. The first-order valence-electron chi connectivity index (χ1n) is 6.12. The van der Waals surface area contributed by atoms with Gasteiger partial charge in [-0.1, -0.05) is 18.7 Å². The molecule has 0 bridgehead atoms. The zero-order valence-corrected chi connectivity index (χ0v) is 12.3. The largest absolute Gasteiger partial charge is 0.287 e. The van der Waals surface area contributed by atoms with E-state index in [1.807, 2.05) is 30.4 Å². The fourth-order valence-corrected chi connectivity index (χ4v) is 2.47. The molecular weight excluding hydrogens is 282 g/mol. The molecule has 2 rings (SSSR count). The van der Waals surface area contributed by atoms with Crippen molar-refractivity contribution in [1.29, 1.82) is 5.26 Å². The molecule has 0 spiro atoms. The Morgan fingerprint density at radius 1 is 1.52 bits per heavy atom. The lowest BCUT2D eigenvalue weighted by Gasteiger charge is -1.93. The monoisotopic (exact) mass is 295 g/mol. The van der Waals surface area contributed by atoms with Gasteiger partial charge in [-0.25, -0.2) is 4.99 Å². The fourth-order valence-electron chi connectivity index (χ4n) is 1.57. The highest BCUT2D eigenvalue weighted by Gasteiger charge is 2.04. The maximum Gasteiger partial charge on any atom is 0.165 e. The molecule has 1 N–H and O–H groups in total. The van der Waals surface area contributed by atoms with Crippen LogP contribution in [0.1, 0.15) is 15.3 Å². The van der Waals surface area contributed by atoms with E-state index < -0.39 is 0 Å². The van der Waals surface area contributed by atoms with Gasteiger partial charge in [0, 0.05) is 18.1 Å². The van der Waals surface area contributed by atoms with E-state index in [9.17, 15) is 0 Å². The zero-order chi connectivity index (χ0) is 15.1. The Bertz CT molecular complexity index is 755. The van der Waals surface area contributed by atoms with Gasteiger partial charge in [-0.3, -0.25) is 10.1 Å². The molecular formula is C15H13N5S. The minimum absolute atomic E-state index is 0.424. The van der Waals surface area contributed by atoms with Crippen LogP contribution in [0, 0.1) is 11.3 Å². The number of hydrogen-bond donors (Lipinski definition) is 1. The third-order valence-corrected chi connectivity index (χ3v) is 3.61. The van der Waals surface area contributed by atoms with Crippen LogP contribution in [-0.4, -0.2) is 29.2 Å². The van der Waals surface area contributed by atoms with Gasteiger partial charge in [0.05, 0.1) is 16.8 Å². The molecule has 2 heterocycles. The number of rotatable bonds is 5. The third-order valence-electron chi connectivity index (χ3n) is 2.57. The second-order valence-electron chi connectivity index (χ2n) is 3.91. The maximum atomic E-state index is 8.88. The number of thiophene rings is 1. The maximum absolute atomic E-state index is 8.88. The first-order valence-corrected chi connectivity index (χ1v) is 6.93. The van der Waals surface area contributed by atoms with Crippen LogP contribution in [0.15, 0.2) is 53.1 Å². The average Bonchev–Trinajstić information content (AvgIpc) is 3.14. The van der Waals surface area contributed by atoms with Gasteiger partial charge in [0.25, 0.3) is 0 Å². The Balaban J connectivity index is 2.19. The van der Waals surface area contributed by atoms with Crippen molar-refractivity contribution >= 4 is 29.1 Å². The summed E-state index contributed by atoms with van der Waals surface area (Å²) in [4.78, 5) is 10.5. The molecule has 5 nitrogen and oxygen atoms in total. The summed E-state index contributed by atoms with van der Waals surface area (Å²) in [5, 5.41) is 15.4. The van der Waals surface area contributed by atoms with E-state index >= 15 is 0 Å². The molecule has 2 aromatic rings. The van der Waals surface area contributed by atoms with Crippen LogP contribution in [0.25, 0.3) is 0 Å². The minimum atomic E-state index is 0.424. The van der Waals surface area contributed by atoms with E-state index in [4.69, 9.17) is 5.26 Å². The molecule has 6 heteroatoms. The Kier molecular flexibility index (Phi) is 4.96. The molecule has 0 atom stereocenters. The second kappa shape index (κ2) is 7.12. The standard InChI is InChI=1S/C15H13N5S/c1-3-4-5-13(17-2)14-7-6-12(21-14)10-18-15-11(8-16)9-19-20-15/h3-7,9-10H,1H2,2H3,(H,19,20)/b5-4-,17-13?,18-10+. The quantitative estimate of drug-likeness (QED) is 0.679.